The standard InChI is InChI=1S/C16H15N3O/c1-19-15-10-6-5-9-14(15)18-16(19)11-17-20-12-13-7-3-2-4-8-13/h2-11H,12H2,1H3. The van der Waals surface area contributed by atoms with Gasteiger partial charge in [-0.05, 0) is 17.7 Å². The molecular weight excluding hydrogens is 250 g/mol. The fourth-order valence-corrected chi connectivity index (χ4v) is 2.05. The molecule has 1 aromatic heterocycles. The van der Waals surface area contributed by atoms with Gasteiger partial charge in [-0.3, -0.25) is 0 Å². The third-order valence-corrected chi connectivity index (χ3v) is 3.14. The lowest BCUT2D eigenvalue weighted by atomic mass is 10.2. The molecule has 0 saturated carbocycles. The Labute approximate surface area is 117 Å². The van der Waals surface area contributed by atoms with Crippen LogP contribution in [0.25, 0.3) is 11.0 Å². The molecule has 4 nitrogen and oxygen atoms in total. The summed E-state index contributed by atoms with van der Waals surface area (Å²) in [5.41, 5.74) is 3.13. The van der Waals surface area contributed by atoms with Crippen molar-refractivity contribution >= 4 is 17.2 Å². The number of aromatic nitrogens is 2. The van der Waals surface area contributed by atoms with E-state index in [1.807, 2.05) is 66.2 Å². The summed E-state index contributed by atoms with van der Waals surface area (Å²) in [5.74, 6) is 0.777. The molecule has 0 aliphatic rings. The van der Waals surface area contributed by atoms with Gasteiger partial charge in [0.15, 0.2) is 5.82 Å². The van der Waals surface area contributed by atoms with E-state index in [1.54, 1.807) is 6.21 Å². The number of hydrogen-bond donors (Lipinski definition) is 0. The molecule has 0 radical (unpaired) electrons. The molecule has 0 fully saturated rings. The Morgan fingerprint density at radius 1 is 1.10 bits per heavy atom. The monoisotopic (exact) mass is 265 g/mol. The number of aryl methyl sites for hydroxylation is 1. The van der Waals surface area contributed by atoms with Crippen molar-refractivity contribution in [2.75, 3.05) is 0 Å². The molecule has 4 heteroatoms. The second-order valence-corrected chi connectivity index (χ2v) is 4.51. The smallest absolute Gasteiger partial charge is 0.155 e. The number of para-hydroxylation sites is 2. The number of oxime groups is 1. The van der Waals surface area contributed by atoms with E-state index in [0.717, 1.165) is 22.4 Å². The van der Waals surface area contributed by atoms with Crippen molar-refractivity contribution in [2.45, 2.75) is 6.61 Å². The van der Waals surface area contributed by atoms with Crippen molar-refractivity contribution in [1.82, 2.24) is 9.55 Å². The first-order chi connectivity index (χ1) is 9.84. The van der Waals surface area contributed by atoms with Crippen LogP contribution in [0.1, 0.15) is 11.4 Å². The van der Waals surface area contributed by atoms with Gasteiger partial charge < -0.3 is 9.40 Å². The minimum Gasteiger partial charge on any atom is -0.391 e. The summed E-state index contributed by atoms with van der Waals surface area (Å²) in [7, 11) is 1.97. The number of rotatable bonds is 4. The highest BCUT2D eigenvalue weighted by Crippen LogP contribution is 2.12. The molecule has 0 spiro atoms. The van der Waals surface area contributed by atoms with Gasteiger partial charge in [-0.25, -0.2) is 4.98 Å². The van der Waals surface area contributed by atoms with E-state index < -0.39 is 0 Å². The van der Waals surface area contributed by atoms with Gasteiger partial charge in [-0.1, -0.05) is 47.6 Å². The first-order valence-electron chi connectivity index (χ1n) is 6.45. The van der Waals surface area contributed by atoms with Crippen molar-refractivity contribution in [1.29, 1.82) is 0 Å². The van der Waals surface area contributed by atoms with Crippen molar-refractivity contribution in [3.63, 3.8) is 0 Å². The van der Waals surface area contributed by atoms with Crippen LogP contribution in [0, 0.1) is 0 Å². The topological polar surface area (TPSA) is 39.4 Å². The molecule has 2 aromatic carbocycles. The highest BCUT2D eigenvalue weighted by Gasteiger charge is 2.04. The van der Waals surface area contributed by atoms with Crippen molar-refractivity contribution in [3.05, 3.63) is 66.0 Å². The van der Waals surface area contributed by atoms with E-state index >= 15 is 0 Å². The maximum atomic E-state index is 5.29. The zero-order valence-corrected chi connectivity index (χ0v) is 11.2. The molecule has 20 heavy (non-hydrogen) atoms. The summed E-state index contributed by atoms with van der Waals surface area (Å²) in [4.78, 5) is 9.78. The Morgan fingerprint density at radius 2 is 1.85 bits per heavy atom. The lowest BCUT2D eigenvalue weighted by Gasteiger charge is -1.99. The molecule has 1 heterocycles. The Kier molecular flexibility index (Phi) is 3.46. The largest absolute Gasteiger partial charge is 0.391 e. The molecule has 0 aliphatic carbocycles. The quantitative estimate of drug-likeness (QED) is 0.537. The van der Waals surface area contributed by atoms with Crippen LogP contribution in [0.2, 0.25) is 0 Å². The van der Waals surface area contributed by atoms with Crippen LogP contribution < -0.4 is 0 Å². The predicted molar refractivity (Wildman–Crippen MR) is 79.5 cm³/mol. The molecule has 0 unspecified atom stereocenters. The SMILES string of the molecule is Cn1c(C=NOCc2ccccc2)nc2ccccc21. The van der Waals surface area contributed by atoms with Crippen LogP contribution in [0.15, 0.2) is 59.8 Å². The summed E-state index contributed by atoms with van der Waals surface area (Å²) in [6.07, 6.45) is 1.64. The van der Waals surface area contributed by atoms with E-state index in [1.165, 1.54) is 0 Å². The molecule has 100 valence electrons. The Bertz CT molecular complexity index is 732. The zero-order chi connectivity index (χ0) is 13.8. The molecule has 0 saturated heterocycles. The average Bonchev–Trinajstić information content (AvgIpc) is 2.82. The van der Waals surface area contributed by atoms with Crippen LogP contribution in [-0.2, 0) is 18.5 Å². The summed E-state index contributed by atoms with van der Waals surface area (Å²) in [6, 6.07) is 17.9. The Morgan fingerprint density at radius 3 is 2.65 bits per heavy atom. The summed E-state index contributed by atoms with van der Waals surface area (Å²) in [6.45, 7) is 0.460. The number of hydrogen-bond acceptors (Lipinski definition) is 3. The third-order valence-electron chi connectivity index (χ3n) is 3.14. The molecule has 0 bridgehead atoms. The first kappa shape index (κ1) is 12.4. The second-order valence-electron chi connectivity index (χ2n) is 4.51. The molecule has 0 N–H and O–H groups in total. The molecule has 3 aromatic rings. The minimum atomic E-state index is 0.460. The predicted octanol–water partition coefficient (Wildman–Crippen LogP) is 3.12. The van der Waals surface area contributed by atoms with Crippen molar-refractivity contribution in [2.24, 2.45) is 12.2 Å². The Balaban J connectivity index is 1.70. The van der Waals surface area contributed by atoms with Gasteiger partial charge >= 0.3 is 0 Å². The maximum Gasteiger partial charge on any atom is 0.155 e. The maximum absolute atomic E-state index is 5.29. The van der Waals surface area contributed by atoms with Gasteiger partial charge in [-0.15, -0.1) is 0 Å². The summed E-state index contributed by atoms with van der Waals surface area (Å²) in [5, 5.41) is 3.98. The highest BCUT2D eigenvalue weighted by molar-refractivity contribution is 5.84. The van der Waals surface area contributed by atoms with E-state index in [9.17, 15) is 0 Å². The third kappa shape index (κ3) is 2.54. The summed E-state index contributed by atoms with van der Waals surface area (Å²) < 4.78 is 1.99. The van der Waals surface area contributed by atoms with Crippen LogP contribution in [0.3, 0.4) is 0 Å². The molecular formula is C16H15N3O. The van der Waals surface area contributed by atoms with Gasteiger partial charge in [0.1, 0.15) is 12.8 Å². The molecule has 3 rings (SSSR count). The number of imidazole rings is 1. The number of benzene rings is 2. The fraction of sp³-hybridized carbons (Fsp3) is 0.125. The van der Waals surface area contributed by atoms with Crippen molar-refractivity contribution in [3.8, 4) is 0 Å². The van der Waals surface area contributed by atoms with Gasteiger partial charge in [0.25, 0.3) is 0 Å². The van der Waals surface area contributed by atoms with E-state index in [2.05, 4.69) is 10.1 Å². The molecule has 0 atom stereocenters. The van der Waals surface area contributed by atoms with Gasteiger partial charge in [0.2, 0.25) is 0 Å². The normalized spacial score (nSPS) is 11.2. The van der Waals surface area contributed by atoms with Crippen LogP contribution in [-0.4, -0.2) is 15.8 Å². The average molecular weight is 265 g/mol. The molecule has 0 amide bonds. The van der Waals surface area contributed by atoms with Gasteiger partial charge in [-0.2, -0.15) is 0 Å². The second kappa shape index (κ2) is 5.57. The zero-order valence-electron chi connectivity index (χ0n) is 11.2. The molecule has 0 aliphatic heterocycles. The van der Waals surface area contributed by atoms with Crippen LogP contribution in [0.4, 0.5) is 0 Å². The van der Waals surface area contributed by atoms with Gasteiger partial charge in [0.05, 0.1) is 11.0 Å². The van der Waals surface area contributed by atoms with E-state index in [-0.39, 0.29) is 0 Å². The highest BCUT2D eigenvalue weighted by atomic mass is 16.6. The van der Waals surface area contributed by atoms with E-state index in [4.69, 9.17) is 4.84 Å². The minimum absolute atomic E-state index is 0.460. The lowest BCUT2D eigenvalue weighted by molar-refractivity contribution is 0.132. The number of fused-ring (bicyclic) bond motifs is 1. The van der Waals surface area contributed by atoms with E-state index in [0.29, 0.717) is 6.61 Å². The first-order valence-corrected chi connectivity index (χ1v) is 6.45. The number of nitrogens with zero attached hydrogens (tertiary/aromatic N) is 3. The van der Waals surface area contributed by atoms with Crippen LogP contribution in [0.5, 0.6) is 0 Å². The van der Waals surface area contributed by atoms with Crippen molar-refractivity contribution < 1.29 is 4.84 Å². The fourth-order valence-electron chi connectivity index (χ4n) is 2.05. The van der Waals surface area contributed by atoms with Crippen LogP contribution >= 0.6 is 0 Å². The lowest BCUT2D eigenvalue weighted by Crippen LogP contribution is -1.96. The Hall–Kier alpha value is -2.62. The summed E-state index contributed by atoms with van der Waals surface area (Å²) >= 11 is 0. The van der Waals surface area contributed by atoms with Gasteiger partial charge in [0, 0.05) is 7.05 Å².